The second-order valence-electron chi connectivity index (χ2n) is 3.16. The lowest BCUT2D eigenvalue weighted by molar-refractivity contribution is 0.0660. The van der Waals surface area contributed by atoms with Gasteiger partial charge in [0.1, 0.15) is 6.10 Å². The van der Waals surface area contributed by atoms with Crippen LogP contribution in [0.15, 0.2) is 6.07 Å². The Hall–Kier alpha value is -1.49. The number of carbonyl (C=O) groups is 1. The number of carboxylic acids is 1. The van der Waals surface area contributed by atoms with E-state index in [0.29, 0.717) is 18.1 Å². The Labute approximate surface area is 88.1 Å². The summed E-state index contributed by atoms with van der Waals surface area (Å²) in [5.74, 6) is -0.639. The van der Waals surface area contributed by atoms with Gasteiger partial charge in [0.25, 0.3) is 0 Å². The molecule has 0 amide bonds. The quantitative estimate of drug-likeness (QED) is 0.816. The van der Waals surface area contributed by atoms with E-state index >= 15 is 0 Å². The average molecular weight is 210 g/mol. The highest BCUT2D eigenvalue weighted by molar-refractivity contribution is 5.85. The number of carboxylic acid groups (broad SMARTS) is 1. The van der Waals surface area contributed by atoms with Crippen molar-refractivity contribution in [1.29, 1.82) is 0 Å². The summed E-state index contributed by atoms with van der Waals surface area (Å²) >= 11 is 0. The number of rotatable bonds is 4. The summed E-state index contributed by atoms with van der Waals surface area (Å²) in [6.45, 7) is 5.94. The highest BCUT2D eigenvalue weighted by Crippen LogP contribution is 2.13. The molecule has 15 heavy (non-hydrogen) atoms. The van der Waals surface area contributed by atoms with Crippen molar-refractivity contribution in [2.45, 2.75) is 26.9 Å². The first-order chi connectivity index (χ1) is 7.04. The largest absolute Gasteiger partial charge is 0.477 e. The molecule has 0 aliphatic carbocycles. The minimum atomic E-state index is -1.05. The smallest absolute Gasteiger partial charge is 0.354 e. The summed E-state index contributed by atoms with van der Waals surface area (Å²) in [6, 6.07) is 1.44. The van der Waals surface area contributed by atoms with Gasteiger partial charge in [0.15, 0.2) is 11.5 Å². The van der Waals surface area contributed by atoms with Gasteiger partial charge in [0.05, 0.1) is 0 Å². The van der Waals surface area contributed by atoms with Crippen molar-refractivity contribution in [2.75, 3.05) is 6.61 Å². The van der Waals surface area contributed by atoms with Gasteiger partial charge in [0.2, 0.25) is 0 Å². The van der Waals surface area contributed by atoms with Crippen molar-refractivity contribution in [2.24, 2.45) is 0 Å². The van der Waals surface area contributed by atoms with Crippen molar-refractivity contribution in [1.82, 2.24) is 9.97 Å². The number of aromatic carboxylic acids is 1. The van der Waals surface area contributed by atoms with Crippen LogP contribution < -0.4 is 0 Å². The minimum Gasteiger partial charge on any atom is -0.477 e. The molecular weight excluding hydrogens is 196 g/mol. The van der Waals surface area contributed by atoms with Crippen LogP contribution in [0.3, 0.4) is 0 Å². The van der Waals surface area contributed by atoms with Gasteiger partial charge < -0.3 is 9.84 Å². The maximum Gasteiger partial charge on any atom is 0.354 e. The first-order valence-corrected chi connectivity index (χ1v) is 4.75. The van der Waals surface area contributed by atoms with Crippen molar-refractivity contribution in [3.63, 3.8) is 0 Å². The normalized spacial score (nSPS) is 12.5. The van der Waals surface area contributed by atoms with Gasteiger partial charge in [-0.1, -0.05) is 0 Å². The fourth-order valence-corrected chi connectivity index (χ4v) is 1.21. The molecule has 0 aliphatic rings. The van der Waals surface area contributed by atoms with E-state index in [1.807, 2.05) is 6.92 Å². The van der Waals surface area contributed by atoms with Crippen LogP contribution in [0.25, 0.3) is 0 Å². The van der Waals surface area contributed by atoms with E-state index in [-0.39, 0.29) is 11.8 Å². The second kappa shape index (κ2) is 4.84. The summed E-state index contributed by atoms with van der Waals surface area (Å²) in [5, 5.41) is 8.81. The van der Waals surface area contributed by atoms with Crippen LogP contribution in [-0.4, -0.2) is 27.7 Å². The predicted octanol–water partition coefficient (Wildman–Crippen LogP) is 1.58. The Balaban J connectivity index is 3.03. The number of hydrogen-bond acceptors (Lipinski definition) is 4. The van der Waals surface area contributed by atoms with E-state index in [0.717, 1.165) is 0 Å². The number of ether oxygens (including phenoxy) is 1. The molecule has 1 heterocycles. The summed E-state index contributed by atoms with van der Waals surface area (Å²) < 4.78 is 5.30. The molecule has 0 spiro atoms. The molecule has 0 radical (unpaired) electrons. The number of nitrogens with zero attached hydrogens (tertiary/aromatic N) is 2. The molecule has 1 aromatic heterocycles. The summed E-state index contributed by atoms with van der Waals surface area (Å²) in [4.78, 5) is 18.8. The van der Waals surface area contributed by atoms with Gasteiger partial charge in [-0.2, -0.15) is 0 Å². The number of aromatic nitrogens is 2. The first kappa shape index (κ1) is 11.6. The van der Waals surface area contributed by atoms with Crippen LogP contribution in [-0.2, 0) is 4.74 Å². The topological polar surface area (TPSA) is 72.3 Å². The highest BCUT2D eigenvalue weighted by Gasteiger charge is 2.13. The molecular formula is C10H14N2O3. The molecule has 0 fully saturated rings. The molecule has 5 nitrogen and oxygen atoms in total. The lowest BCUT2D eigenvalue weighted by Crippen LogP contribution is -2.11. The third-order valence-corrected chi connectivity index (χ3v) is 1.87. The molecule has 0 bridgehead atoms. The zero-order valence-electron chi connectivity index (χ0n) is 9.02. The Bertz CT molecular complexity index is 366. The Kier molecular flexibility index (Phi) is 3.74. The molecule has 82 valence electrons. The lowest BCUT2D eigenvalue weighted by Gasteiger charge is -2.10. The fraction of sp³-hybridized carbons (Fsp3) is 0.500. The predicted molar refractivity (Wildman–Crippen MR) is 53.8 cm³/mol. The standard InChI is InChI=1S/C10H14N2O3/c1-4-15-7(3)9-11-6(2)5-8(12-9)10(13)14/h5,7H,4H2,1-3H3,(H,13,14). The lowest BCUT2D eigenvalue weighted by atomic mass is 10.3. The average Bonchev–Trinajstić information content (AvgIpc) is 2.17. The van der Waals surface area contributed by atoms with E-state index < -0.39 is 5.97 Å². The fourth-order valence-electron chi connectivity index (χ4n) is 1.21. The molecule has 1 unspecified atom stereocenters. The molecule has 1 atom stereocenters. The van der Waals surface area contributed by atoms with Crippen molar-refractivity contribution >= 4 is 5.97 Å². The van der Waals surface area contributed by atoms with Crippen LogP contribution >= 0.6 is 0 Å². The van der Waals surface area contributed by atoms with E-state index in [1.165, 1.54) is 6.07 Å². The van der Waals surface area contributed by atoms with Crippen molar-refractivity contribution in [3.05, 3.63) is 23.3 Å². The van der Waals surface area contributed by atoms with Gasteiger partial charge in [-0.05, 0) is 26.8 Å². The SMILES string of the molecule is CCOC(C)c1nc(C)cc(C(=O)O)n1. The van der Waals surface area contributed by atoms with Crippen LogP contribution in [0.5, 0.6) is 0 Å². The zero-order valence-corrected chi connectivity index (χ0v) is 9.02. The van der Waals surface area contributed by atoms with Gasteiger partial charge in [-0.3, -0.25) is 0 Å². The van der Waals surface area contributed by atoms with E-state index in [2.05, 4.69) is 9.97 Å². The molecule has 1 N–H and O–H groups in total. The van der Waals surface area contributed by atoms with E-state index in [4.69, 9.17) is 9.84 Å². The number of hydrogen-bond donors (Lipinski definition) is 1. The third-order valence-electron chi connectivity index (χ3n) is 1.87. The second-order valence-corrected chi connectivity index (χ2v) is 3.16. The van der Waals surface area contributed by atoms with Crippen LogP contribution in [0, 0.1) is 6.92 Å². The molecule has 0 aliphatic heterocycles. The number of aryl methyl sites for hydroxylation is 1. The van der Waals surface area contributed by atoms with Gasteiger partial charge in [-0.15, -0.1) is 0 Å². The molecule has 1 rings (SSSR count). The monoisotopic (exact) mass is 210 g/mol. The Morgan fingerprint density at radius 3 is 2.80 bits per heavy atom. The third kappa shape index (κ3) is 2.99. The van der Waals surface area contributed by atoms with E-state index in [1.54, 1.807) is 13.8 Å². The van der Waals surface area contributed by atoms with Crippen LogP contribution in [0.1, 0.15) is 42.0 Å². The van der Waals surface area contributed by atoms with Gasteiger partial charge >= 0.3 is 5.97 Å². The van der Waals surface area contributed by atoms with Crippen LogP contribution in [0.2, 0.25) is 0 Å². The first-order valence-electron chi connectivity index (χ1n) is 4.75. The molecule has 0 saturated heterocycles. The maximum atomic E-state index is 10.8. The molecule has 0 saturated carbocycles. The summed E-state index contributed by atoms with van der Waals surface area (Å²) in [5.41, 5.74) is 0.632. The Morgan fingerprint density at radius 2 is 2.27 bits per heavy atom. The van der Waals surface area contributed by atoms with Crippen molar-refractivity contribution in [3.8, 4) is 0 Å². The van der Waals surface area contributed by atoms with Gasteiger partial charge in [-0.25, -0.2) is 14.8 Å². The molecule has 0 aromatic carbocycles. The van der Waals surface area contributed by atoms with Crippen molar-refractivity contribution < 1.29 is 14.6 Å². The Morgan fingerprint density at radius 1 is 1.60 bits per heavy atom. The van der Waals surface area contributed by atoms with E-state index in [9.17, 15) is 4.79 Å². The summed E-state index contributed by atoms with van der Waals surface area (Å²) in [7, 11) is 0. The zero-order chi connectivity index (χ0) is 11.4. The minimum absolute atomic E-state index is 0.00375. The highest BCUT2D eigenvalue weighted by atomic mass is 16.5. The maximum absolute atomic E-state index is 10.8. The molecule has 5 heteroatoms. The van der Waals surface area contributed by atoms with Crippen LogP contribution in [0.4, 0.5) is 0 Å². The summed E-state index contributed by atoms with van der Waals surface area (Å²) in [6.07, 6.45) is -0.284. The van der Waals surface area contributed by atoms with Gasteiger partial charge in [0, 0.05) is 12.3 Å². The molecule has 1 aromatic rings.